The summed E-state index contributed by atoms with van der Waals surface area (Å²) >= 11 is 0. The van der Waals surface area contributed by atoms with Crippen LogP contribution in [0.25, 0.3) is 11.3 Å². The van der Waals surface area contributed by atoms with E-state index in [-0.39, 0.29) is 11.4 Å². The number of rotatable bonds is 6. The van der Waals surface area contributed by atoms with Crippen molar-refractivity contribution in [2.45, 2.75) is 39.4 Å². The SMILES string of the molecule is COc1ccc(CN2Cc3nc(-c4cccc(F)c4)c(Nc4ccc(C)cc4)n3C(C)(C)C2)cc1. The fourth-order valence-corrected chi connectivity index (χ4v) is 4.93. The van der Waals surface area contributed by atoms with Gasteiger partial charge in [-0.15, -0.1) is 0 Å². The highest BCUT2D eigenvalue weighted by atomic mass is 19.1. The van der Waals surface area contributed by atoms with Gasteiger partial charge in [-0.25, -0.2) is 9.37 Å². The van der Waals surface area contributed by atoms with Crippen LogP contribution in [0.1, 0.15) is 30.8 Å². The first-order valence-corrected chi connectivity index (χ1v) is 11.9. The Hall–Kier alpha value is -3.64. The van der Waals surface area contributed by atoms with Crippen molar-refractivity contribution in [3.05, 3.63) is 95.6 Å². The van der Waals surface area contributed by atoms with Crippen LogP contribution in [0, 0.1) is 12.7 Å². The van der Waals surface area contributed by atoms with Crippen molar-refractivity contribution >= 4 is 11.5 Å². The zero-order chi connectivity index (χ0) is 24.6. The third-order valence-electron chi connectivity index (χ3n) is 6.51. The highest BCUT2D eigenvalue weighted by Crippen LogP contribution is 2.39. The van der Waals surface area contributed by atoms with Crippen molar-refractivity contribution in [3.8, 4) is 17.0 Å². The second-order valence-electron chi connectivity index (χ2n) is 9.87. The van der Waals surface area contributed by atoms with Gasteiger partial charge in [0.25, 0.3) is 0 Å². The third kappa shape index (κ3) is 4.80. The number of hydrogen-bond donors (Lipinski definition) is 1. The van der Waals surface area contributed by atoms with Crippen LogP contribution in [0.15, 0.2) is 72.8 Å². The minimum Gasteiger partial charge on any atom is -0.497 e. The van der Waals surface area contributed by atoms with E-state index in [2.05, 4.69) is 72.0 Å². The predicted molar refractivity (Wildman–Crippen MR) is 139 cm³/mol. The summed E-state index contributed by atoms with van der Waals surface area (Å²) in [5, 5.41) is 3.60. The Morgan fingerprint density at radius 2 is 1.77 bits per heavy atom. The molecule has 1 aromatic heterocycles. The van der Waals surface area contributed by atoms with E-state index < -0.39 is 0 Å². The van der Waals surface area contributed by atoms with Crippen molar-refractivity contribution < 1.29 is 9.13 Å². The van der Waals surface area contributed by atoms with Crippen molar-refractivity contribution in [3.63, 3.8) is 0 Å². The van der Waals surface area contributed by atoms with Crippen LogP contribution in [0.2, 0.25) is 0 Å². The molecule has 0 spiro atoms. The maximum atomic E-state index is 14.2. The zero-order valence-electron chi connectivity index (χ0n) is 20.7. The minimum atomic E-state index is -0.268. The zero-order valence-corrected chi connectivity index (χ0v) is 20.7. The van der Waals surface area contributed by atoms with E-state index >= 15 is 0 Å². The van der Waals surface area contributed by atoms with Crippen LogP contribution >= 0.6 is 0 Å². The minimum absolute atomic E-state index is 0.230. The van der Waals surface area contributed by atoms with Crippen LogP contribution in [-0.4, -0.2) is 28.1 Å². The second-order valence-corrected chi connectivity index (χ2v) is 9.87. The van der Waals surface area contributed by atoms with Crippen LogP contribution in [0.4, 0.5) is 15.9 Å². The summed E-state index contributed by atoms with van der Waals surface area (Å²) in [7, 11) is 1.68. The summed E-state index contributed by atoms with van der Waals surface area (Å²) in [6.07, 6.45) is 0. The molecule has 6 heteroatoms. The molecule has 5 rings (SSSR count). The molecule has 0 amide bonds. The van der Waals surface area contributed by atoms with Gasteiger partial charge >= 0.3 is 0 Å². The molecular formula is C29H31FN4O. The van der Waals surface area contributed by atoms with Crippen LogP contribution in [0.3, 0.4) is 0 Å². The summed E-state index contributed by atoms with van der Waals surface area (Å²) in [5.74, 6) is 2.44. The molecule has 0 saturated heterocycles. The summed E-state index contributed by atoms with van der Waals surface area (Å²) in [4.78, 5) is 7.47. The van der Waals surface area contributed by atoms with Crippen molar-refractivity contribution in [1.29, 1.82) is 0 Å². The molecule has 0 radical (unpaired) electrons. The molecule has 1 aliphatic heterocycles. The molecule has 2 heterocycles. The van der Waals surface area contributed by atoms with Crippen molar-refractivity contribution in [2.24, 2.45) is 0 Å². The molecule has 0 fully saturated rings. The van der Waals surface area contributed by atoms with Gasteiger partial charge in [-0.05, 0) is 62.7 Å². The molecule has 0 bridgehead atoms. The lowest BCUT2D eigenvalue weighted by molar-refractivity contribution is 0.125. The largest absolute Gasteiger partial charge is 0.497 e. The van der Waals surface area contributed by atoms with E-state index in [9.17, 15) is 4.39 Å². The van der Waals surface area contributed by atoms with Crippen LogP contribution in [-0.2, 0) is 18.6 Å². The molecule has 0 aliphatic carbocycles. The van der Waals surface area contributed by atoms with Crippen molar-refractivity contribution in [2.75, 3.05) is 19.0 Å². The number of aryl methyl sites for hydroxylation is 1. The molecule has 35 heavy (non-hydrogen) atoms. The number of nitrogens with zero attached hydrogens (tertiary/aromatic N) is 3. The maximum Gasteiger partial charge on any atom is 0.139 e. The Morgan fingerprint density at radius 1 is 1.03 bits per heavy atom. The Labute approximate surface area is 206 Å². The molecule has 0 saturated carbocycles. The number of imidazole rings is 1. The standard InChI is InChI=1S/C29H31FN4O/c1-20-8-12-24(13-9-20)31-28-27(22-6-5-7-23(30)16-22)32-26-18-33(19-29(2,3)34(26)28)17-21-10-14-25(35-4)15-11-21/h5-16,31H,17-19H2,1-4H3. The number of ether oxygens (including phenoxy) is 1. The Balaban J connectivity index is 1.54. The number of halogens is 1. The third-order valence-corrected chi connectivity index (χ3v) is 6.51. The molecular weight excluding hydrogens is 439 g/mol. The Kier molecular flexibility index (Phi) is 6.07. The highest BCUT2D eigenvalue weighted by molar-refractivity contribution is 5.77. The van der Waals surface area contributed by atoms with Gasteiger partial charge in [0.1, 0.15) is 28.9 Å². The quantitative estimate of drug-likeness (QED) is 0.349. The molecule has 0 atom stereocenters. The van der Waals surface area contributed by atoms with Gasteiger partial charge in [0, 0.05) is 24.3 Å². The van der Waals surface area contributed by atoms with E-state index in [0.29, 0.717) is 6.54 Å². The van der Waals surface area contributed by atoms with Gasteiger partial charge in [-0.2, -0.15) is 0 Å². The van der Waals surface area contributed by atoms with E-state index in [0.717, 1.165) is 47.4 Å². The predicted octanol–water partition coefficient (Wildman–Crippen LogP) is 6.50. The smallest absolute Gasteiger partial charge is 0.139 e. The molecule has 5 nitrogen and oxygen atoms in total. The number of nitrogens with one attached hydrogen (secondary N) is 1. The maximum absolute atomic E-state index is 14.2. The number of aromatic nitrogens is 2. The topological polar surface area (TPSA) is 42.3 Å². The number of hydrogen-bond acceptors (Lipinski definition) is 4. The molecule has 1 N–H and O–H groups in total. The van der Waals surface area contributed by atoms with E-state index in [4.69, 9.17) is 9.72 Å². The summed E-state index contributed by atoms with van der Waals surface area (Å²) < 4.78 is 21.8. The molecule has 4 aromatic rings. The van der Waals surface area contributed by atoms with Gasteiger partial charge in [0.2, 0.25) is 0 Å². The number of benzene rings is 3. The first kappa shape index (κ1) is 23.1. The Bertz CT molecular complexity index is 1330. The monoisotopic (exact) mass is 470 g/mol. The molecule has 1 aliphatic rings. The number of methoxy groups -OCH3 is 1. The van der Waals surface area contributed by atoms with Gasteiger partial charge in [-0.1, -0.05) is 42.0 Å². The average Bonchev–Trinajstić information content (AvgIpc) is 3.20. The van der Waals surface area contributed by atoms with Gasteiger partial charge in [-0.3, -0.25) is 4.90 Å². The van der Waals surface area contributed by atoms with Crippen molar-refractivity contribution in [1.82, 2.24) is 14.5 Å². The van der Waals surface area contributed by atoms with Crippen LogP contribution < -0.4 is 10.1 Å². The van der Waals surface area contributed by atoms with E-state index in [1.807, 2.05) is 18.2 Å². The molecule has 0 unspecified atom stereocenters. The second kappa shape index (κ2) is 9.19. The lowest BCUT2D eigenvalue weighted by Gasteiger charge is -2.40. The molecule has 180 valence electrons. The fourth-order valence-electron chi connectivity index (χ4n) is 4.93. The lowest BCUT2D eigenvalue weighted by Crippen LogP contribution is -2.46. The average molecular weight is 471 g/mol. The van der Waals surface area contributed by atoms with Gasteiger partial charge < -0.3 is 14.6 Å². The first-order chi connectivity index (χ1) is 16.8. The number of fused-ring (bicyclic) bond motifs is 1. The van der Waals surface area contributed by atoms with E-state index in [1.165, 1.54) is 17.2 Å². The first-order valence-electron chi connectivity index (χ1n) is 11.9. The normalized spacial score (nSPS) is 15.0. The summed E-state index contributed by atoms with van der Waals surface area (Å²) in [6.45, 7) is 8.91. The van der Waals surface area contributed by atoms with E-state index in [1.54, 1.807) is 19.2 Å². The highest BCUT2D eigenvalue weighted by Gasteiger charge is 2.36. The van der Waals surface area contributed by atoms with Gasteiger partial charge in [0.05, 0.1) is 19.2 Å². The van der Waals surface area contributed by atoms with Gasteiger partial charge in [0.15, 0.2) is 0 Å². The molecule has 3 aromatic carbocycles. The Morgan fingerprint density at radius 3 is 2.46 bits per heavy atom. The van der Waals surface area contributed by atoms with Crippen LogP contribution in [0.5, 0.6) is 5.75 Å². The fraction of sp³-hybridized carbons (Fsp3) is 0.276. The summed E-state index contributed by atoms with van der Waals surface area (Å²) in [5.41, 5.74) is 4.70. The number of anilines is 2. The lowest BCUT2D eigenvalue weighted by atomic mass is 10.0. The summed E-state index contributed by atoms with van der Waals surface area (Å²) in [6, 6.07) is 23.2.